The lowest BCUT2D eigenvalue weighted by Crippen LogP contribution is -2.44. The molecule has 1 unspecified atom stereocenters. The third kappa shape index (κ3) is 2.39. The molecule has 1 atom stereocenters. The van der Waals surface area contributed by atoms with Crippen LogP contribution < -0.4 is 0 Å². The topological polar surface area (TPSA) is 86.3 Å². The average molecular weight is 303 g/mol. The van der Waals surface area contributed by atoms with Gasteiger partial charge in [0.05, 0.1) is 25.0 Å². The first-order chi connectivity index (χ1) is 10.7. The number of carbonyl (C=O) groups excluding carboxylic acids is 1. The predicted octanol–water partition coefficient (Wildman–Crippen LogP) is 0.780. The zero-order chi connectivity index (χ0) is 15.1. The third-order valence-corrected chi connectivity index (χ3v) is 4.03. The lowest BCUT2D eigenvalue weighted by Gasteiger charge is -2.33. The van der Waals surface area contributed by atoms with E-state index < -0.39 is 0 Å². The zero-order valence-electron chi connectivity index (χ0n) is 12.3. The van der Waals surface area contributed by atoms with Crippen molar-refractivity contribution in [3.05, 3.63) is 18.2 Å². The van der Waals surface area contributed by atoms with E-state index in [1.807, 2.05) is 18.1 Å². The van der Waals surface area contributed by atoms with Crippen LogP contribution >= 0.6 is 0 Å². The molecule has 3 heterocycles. The van der Waals surface area contributed by atoms with Crippen molar-refractivity contribution in [3.63, 3.8) is 0 Å². The molecule has 1 amide bonds. The number of nitrogens with zero attached hydrogens (tertiary/aromatic N) is 5. The largest absolute Gasteiger partial charge is 0.377 e. The van der Waals surface area contributed by atoms with Crippen LogP contribution in [0.15, 0.2) is 16.9 Å². The summed E-state index contributed by atoms with van der Waals surface area (Å²) in [5.41, 5.74) is 0.762. The molecule has 0 N–H and O–H groups in total. The van der Waals surface area contributed by atoms with Gasteiger partial charge in [-0.05, 0) is 12.8 Å². The van der Waals surface area contributed by atoms with Crippen LogP contribution in [0.1, 0.15) is 24.7 Å². The molecular weight excluding hydrogens is 286 g/mol. The quantitative estimate of drug-likeness (QED) is 0.833. The van der Waals surface area contributed by atoms with Gasteiger partial charge >= 0.3 is 0 Å². The highest BCUT2D eigenvalue weighted by atomic mass is 16.5. The number of hydrogen-bond acceptors (Lipinski definition) is 6. The second kappa shape index (κ2) is 5.20. The summed E-state index contributed by atoms with van der Waals surface area (Å²) in [5.74, 6) is 1.26. The summed E-state index contributed by atoms with van der Waals surface area (Å²) in [4.78, 5) is 18.7. The van der Waals surface area contributed by atoms with Crippen LogP contribution in [-0.2, 0) is 16.6 Å². The molecular formula is C14H17N5O3. The molecule has 0 spiro atoms. The van der Waals surface area contributed by atoms with E-state index >= 15 is 0 Å². The van der Waals surface area contributed by atoms with Crippen molar-refractivity contribution in [2.45, 2.75) is 18.9 Å². The molecule has 1 saturated heterocycles. The van der Waals surface area contributed by atoms with Crippen LogP contribution in [0.4, 0.5) is 0 Å². The highest BCUT2D eigenvalue weighted by molar-refractivity contribution is 5.81. The molecule has 4 rings (SSSR count). The second-order valence-corrected chi connectivity index (χ2v) is 5.76. The SMILES string of the molecule is Cn1cc(-c2nc(C3COCCN3C(=O)C3CC3)no2)cn1. The Balaban J connectivity index is 1.59. The molecule has 8 nitrogen and oxygen atoms in total. The van der Waals surface area contributed by atoms with Crippen LogP contribution in [-0.4, -0.2) is 50.5 Å². The lowest BCUT2D eigenvalue weighted by molar-refractivity contribution is -0.142. The minimum atomic E-state index is -0.268. The first-order valence-corrected chi connectivity index (χ1v) is 7.43. The van der Waals surface area contributed by atoms with Crippen LogP contribution in [0.3, 0.4) is 0 Å². The van der Waals surface area contributed by atoms with Crippen molar-refractivity contribution in [1.82, 2.24) is 24.8 Å². The van der Waals surface area contributed by atoms with E-state index in [0.29, 0.717) is 31.5 Å². The molecule has 0 radical (unpaired) electrons. The van der Waals surface area contributed by atoms with E-state index in [2.05, 4.69) is 15.2 Å². The Bertz CT molecular complexity index is 690. The predicted molar refractivity (Wildman–Crippen MR) is 74.5 cm³/mol. The van der Waals surface area contributed by atoms with E-state index in [1.54, 1.807) is 10.9 Å². The van der Waals surface area contributed by atoms with Crippen LogP contribution in [0.2, 0.25) is 0 Å². The Morgan fingerprint density at radius 1 is 1.41 bits per heavy atom. The molecule has 0 bridgehead atoms. The van der Waals surface area contributed by atoms with E-state index in [9.17, 15) is 4.79 Å². The standard InChI is InChI=1S/C14H17N5O3/c1-18-7-10(6-15-18)13-16-12(17-22-13)11-8-21-5-4-19(11)14(20)9-2-3-9/h6-7,9,11H,2-5,8H2,1H3. The molecule has 1 saturated carbocycles. The molecule has 2 fully saturated rings. The Hall–Kier alpha value is -2.22. The summed E-state index contributed by atoms with van der Waals surface area (Å²) < 4.78 is 12.5. The van der Waals surface area contributed by atoms with Gasteiger partial charge in [-0.2, -0.15) is 10.1 Å². The van der Waals surface area contributed by atoms with Gasteiger partial charge < -0.3 is 14.2 Å². The molecule has 116 valence electrons. The zero-order valence-corrected chi connectivity index (χ0v) is 12.3. The Labute approximate surface area is 127 Å². The van der Waals surface area contributed by atoms with Crippen molar-refractivity contribution < 1.29 is 14.1 Å². The summed E-state index contributed by atoms with van der Waals surface area (Å²) in [6.45, 7) is 1.55. The van der Waals surface area contributed by atoms with Crippen LogP contribution in [0, 0.1) is 5.92 Å². The monoisotopic (exact) mass is 303 g/mol. The number of rotatable bonds is 3. The number of aromatic nitrogens is 4. The Morgan fingerprint density at radius 2 is 2.27 bits per heavy atom. The summed E-state index contributed by atoms with van der Waals surface area (Å²) >= 11 is 0. The molecule has 1 aliphatic heterocycles. The number of ether oxygens (including phenoxy) is 1. The maximum absolute atomic E-state index is 12.4. The number of hydrogen-bond donors (Lipinski definition) is 0. The van der Waals surface area contributed by atoms with Crippen molar-refractivity contribution in [2.24, 2.45) is 13.0 Å². The number of morpholine rings is 1. The van der Waals surface area contributed by atoms with Gasteiger partial charge in [0, 0.05) is 25.7 Å². The summed E-state index contributed by atoms with van der Waals surface area (Å²) in [6.07, 6.45) is 5.44. The van der Waals surface area contributed by atoms with E-state index in [4.69, 9.17) is 9.26 Å². The average Bonchev–Trinajstić information content (AvgIpc) is 3.11. The van der Waals surface area contributed by atoms with Gasteiger partial charge in [-0.15, -0.1) is 0 Å². The fraction of sp³-hybridized carbons (Fsp3) is 0.571. The molecule has 8 heteroatoms. The van der Waals surface area contributed by atoms with Crippen molar-refractivity contribution in [1.29, 1.82) is 0 Å². The summed E-state index contributed by atoms with van der Waals surface area (Å²) in [7, 11) is 1.83. The molecule has 22 heavy (non-hydrogen) atoms. The fourth-order valence-corrected chi connectivity index (χ4v) is 2.67. The smallest absolute Gasteiger partial charge is 0.261 e. The van der Waals surface area contributed by atoms with Gasteiger partial charge in [-0.1, -0.05) is 5.16 Å². The van der Waals surface area contributed by atoms with Crippen molar-refractivity contribution in [3.8, 4) is 11.5 Å². The minimum Gasteiger partial charge on any atom is -0.377 e. The van der Waals surface area contributed by atoms with E-state index in [-0.39, 0.29) is 17.9 Å². The molecule has 2 aliphatic rings. The molecule has 2 aromatic rings. The summed E-state index contributed by atoms with van der Waals surface area (Å²) in [6, 6.07) is -0.268. The fourth-order valence-electron chi connectivity index (χ4n) is 2.67. The van der Waals surface area contributed by atoms with Gasteiger partial charge in [-0.25, -0.2) is 0 Å². The van der Waals surface area contributed by atoms with Crippen molar-refractivity contribution >= 4 is 5.91 Å². The first kappa shape index (κ1) is 13.4. The van der Waals surface area contributed by atoms with Gasteiger partial charge in [0.2, 0.25) is 5.91 Å². The van der Waals surface area contributed by atoms with Gasteiger partial charge in [0.1, 0.15) is 6.04 Å². The number of aryl methyl sites for hydroxylation is 1. The van der Waals surface area contributed by atoms with Crippen LogP contribution in [0.25, 0.3) is 11.5 Å². The highest BCUT2D eigenvalue weighted by Crippen LogP contribution is 2.35. The first-order valence-electron chi connectivity index (χ1n) is 7.43. The van der Waals surface area contributed by atoms with E-state index in [1.165, 1.54) is 0 Å². The Kier molecular flexibility index (Phi) is 3.18. The summed E-state index contributed by atoms with van der Waals surface area (Å²) in [5, 5.41) is 8.13. The number of carbonyl (C=O) groups is 1. The molecule has 0 aromatic carbocycles. The van der Waals surface area contributed by atoms with E-state index in [0.717, 1.165) is 18.4 Å². The normalized spacial score (nSPS) is 22.0. The van der Waals surface area contributed by atoms with Crippen molar-refractivity contribution in [2.75, 3.05) is 19.8 Å². The maximum Gasteiger partial charge on any atom is 0.261 e. The minimum absolute atomic E-state index is 0.172. The molecule has 1 aliphatic carbocycles. The third-order valence-electron chi connectivity index (χ3n) is 4.03. The van der Waals surface area contributed by atoms with Crippen LogP contribution in [0.5, 0.6) is 0 Å². The lowest BCUT2D eigenvalue weighted by atomic mass is 10.2. The Morgan fingerprint density at radius 3 is 3.00 bits per heavy atom. The van der Waals surface area contributed by atoms with Gasteiger partial charge in [0.15, 0.2) is 5.82 Å². The maximum atomic E-state index is 12.4. The van der Waals surface area contributed by atoms with Gasteiger partial charge in [-0.3, -0.25) is 9.48 Å². The second-order valence-electron chi connectivity index (χ2n) is 5.76. The highest BCUT2D eigenvalue weighted by Gasteiger charge is 2.39. The number of amides is 1. The molecule has 2 aromatic heterocycles. The van der Waals surface area contributed by atoms with Gasteiger partial charge in [0.25, 0.3) is 5.89 Å².